The van der Waals surface area contributed by atoms with Crippen molar-refractivity contribution in [2.24, 2.45) is 0 Å². The van der Waals surface area contributed by atoms with Crippen molar-refractivity contribution in [3.8, 4) is 11.1 Å². The van der Waals surface area contributed by atoms with Gasteiger partial charge < -0.3 is 15.0 Å². The molecule has 1 amide bonds. The number of pyridine rings is 1. The quantitative estimate of drug-likeness (QED) is 0.701. The molecule has 0 saturated carbocycles. The van der Waals surface area contributed by atoms with E-state index in [1.54, 1.807) is 17.3 Å². The van der Waals surface area contributed by atoms with Gasteiger partial charge in [-0.3, -0.25) is 9.78 Å². The number of amides is 1. The zero-order valence-electron chi connectivity index (χ0n) is 14.1. The number of carbonyl (C=O) groups is 1. The monoisotopic (exact) mass is 389 g/mol. The molecule has 4 rings (SSSR count). The average molecular weight is 390 g/mol. The van der Waals surface area contributed by atoms with E-state index >= 15 is 0 Å². The second-order valence-corrected chi connectivity index (χ2v) is 7.31. The molecule has 1 aromatic carbocycles. The predicted molar refractivity (Wildman–Crippen MR) is 102 cm³/mol. The topological polar surface area (TPSA) is 69.2 Å². The van der Waals surface area contributed by atoms with Crippen molar-refractivity contribution in [3.63, 3.8) is 0 Å². The summed E-state index contributed by atoms with van der Waals surface area (Å²) < 4.78 is 0. The standard InChI is InChI=1S/C19H17Cl2N3O2/c1-10-4-11(7-22-6-10)12-5-14(20)18(21)19-17(12)13-8-24(16(26)9-25)3-2-15(13)23-19/h4-7,23,25H,2-3,8-9H2,1H3. The molecule has 0 unspecified atom stereocenters. The number of nitrogens with one attached hydrogen (secondary N) is 1. The summed E-state index contributed by atoms with van der Waals surface area (Å²) in [4.78, 5) is 21.3. The molecule has 5 nitrogen and oxygen atoms in total. The van der Waals surface area contributed by atoms with Gasteiger partial charge in [-0.1, -0.05) is 23.2 Å². The highest BCUT2D eigenvalue weighted by atomic mass is 35.5. The number of hydrogen-bond donors (Lipinski definition) is 2. The molecule has 3 heterocycles. The number of aliphatic hydroxyl groups is 1. The lowest BCUT2D eigenvalue weighted by Crippen LogP contribution is -2.37. The summed E-state index contributed by atoms with van der Waals surface area (Å²) in [7, 11) is 0. The van der Waals surface area contributed by atoms with Gasteiger partial charge in [-0.15, -0.1) is 0 Å². The van der Waals surface area contributed by atoms with Crippen molar-refractivity contribution < 1.29 is 9.90 Å². The van der Waals surface area contributed by atoms with Gasteiger partial charge in [-0.25, -0.2) is 0 Å². The van der Waals surface area contributed by atoms with E-state index in [1.807, 2.05) is 19.1 Å². The molecule has 2 aromatic heterocycles. The second kappa shape index (κ2) is 6.58. The van der Waals surface area contributed by atoms with E-state index in [-0.39, 0.29) is 5.91 Å². The van der Waals surface area contributed by atoms with Gasteiger partial charge in [0.05, 0.1) is 15.6 Å². The Labute approximate surface area is 160 Å². The molecule has 0 fully saturated rings. The largest absolute Gasteiger partial charge is 0.387 e. The Kier molecular flexibility index (Phi) is 4.39. The Morgan fingerprint density at radius 3 is 2.88 bits per heavy atom. The van der Waals surface area contributed by atoms with Crippen LogP contribution in [0.2, 0.25) is 10.0 Å². The molecule has 7 heteroatoms. The number of aromatic nitrogens is 2. The van der Waals surface area contributed by atoms with Gasteiger partial charge in [0, 0.05) is 54.1 Å². The van der Waals surface area contributed by atoms with Crippen LogP contribution in [0.1, 0.15) is 16.8 Å². The van der Waals surface area contributed by atoms with Crippen LogP contribution in [0.3, 0.4) is 0 Å². The molecule has 0 atom stereocenters. The third-order valence-electron chi connectivity index (χ3n) is 4.82. The number of hydrogen-bond acceptors (Lipinski definition) is 3. The molecule has 134 valence electrons. The van der Waals surface area contributed by atoms with Crippen LogP contribution in [0.5, 0.6) is 0 Å². The highest BCUT2D eigenvalue weighted by Crippen LogP contribution is 2.42. The van der Waals surface area contributed by atoms with Crippen molar-refractivity contribution in [2.75, 3.05) is 13.2 Å². The molecule has 0 bridgehead atoms. The summed E-state index contributed by atoms with van der Waals surface area (Å²) in [6.07, 6.45) is 4.27. The van der Waals surface area contributed by atoms with Gasteiger partial charge >= 0.3 is 0 Å². The van der Waals surface area contributed by atoms with Crippen LogP contribution < -0.4 is 0 Å². The SMILES string of the molecule is Cc1cncc(-c2cc(Cl)c(Cl)c3[nH]c4c(c23)CN(C(=O)CO)CC4)c1. The number of benzene rings is 1. The number of fused-ring (bicyclic) bond motifs is 3. The Hall–Kier alpha value is -2.08. The lowest BCUT2D eigenvalue weighted by atomic mass is 9.96. The van der Waals surface area contributed by atoms with Crippen LogP contribution in [0.4, 0.5) is 0 Å². The Morgan fingerprint density at radius 2 is 2.15 bits per heavy atom. The predicted octanol–water partition coefficient (Wildman–Crippen LogP) is 3.72. The molecule has 0 aliphatic carbocycles. The molecule has 26 heavy (non-hydrogen) atoms. The molecule has 1 aliphatic heterocycles. The molecule has 0 spiro atoms. The van der Waals surface area contributed by atoms with E-state index in [4.69, 9.17) is 23.2 Å². The molecule has 2 N–H and O–H groups in total. The van der Waals surface area contributed by atoms with E-state index in [2.05, 4.69) is 9.97 Å². The Morgan fingerprint density at radius 1 is 1.35 bits per heavy atom. The maximum Gasteiger partial charge on any atom is 0.248 e. The van der Waals surface area contributed by atoms with Crippen LogP contribution >= 0.6 is 23.2 Å². The maximum atomic E-state index is 12.0. The summed E-state index contributed by atoms with van der Waals surface area (Å²) in [6, 6.07) is 3.90. The van der Waals surface area contributed by atoms with E-state index < -0.39 is 6.61 Å². The van der Waals surface area contributed by atoms with E-state index in [9.17, 15) is 9.90 Å². The number of aliphatic hydroxyl groups excluding tert-OH is 1. The Balaban J connectivity index is 1.97. The molecule has 0 saturated heterocycles. The molecular weight excluding hydrogens is 373 g/mol. The Bertz CT molecular complexity index is 1030. The minimum absolute atomic E-state index is 0.274. The lowest BCUT2D eigenvalue weighted by Gasteiger charge is -2.27. The third-order valence-corrected chi connectivity index (χ3v) is 5.60. The highest BCUT2D eigenvalue weighted by molar-refractivity contribution is 6.45. The highest BCUT2D eigenvalue weighted by Gasteiger charge is 2.26. The smallest absolute Gasteiger partial charge is 0.248 e. The first-order valence-electron chi connectivity index (χ1n) is 8.31. The summed E-state index contributed by atoms with van der Waals surface area (Å²) in [5.74, 6) is -0.274. The van der Waals surface area contributed by atoms with Gasteiger partial charge in [-0.05, 0) is 30.2 Å². The molecule has 0 radical (unpaired) electrons. The van der Waals surface area contributed by atoms with Crippen molar-refractivity contribution >= 4 is 40.0 Å². The summed E-state index contributed by atoms with van der Waals surface area (Å²) >= 11 is 12.8. The van der Waals surface area contributed by atoms with Crippen LogP contribution in [0.15, 0.2) is 24.5 Å². The number of carbonyl (C=O) groups excluding carboxylic acids is 1. The fraction of sp³-hybridized carbons (Fsp3) is 0.263. The van der Waals surface area contributed by atoms with Gasteiger partial charge in [0.2, 0.25) is 5.91 Å². The number of aromatic amines is 1. The lowest BCUT2D eigenvalue weighted by molar-refractivity contribution is -0.135. The molecular formula is C19H17Cl2N3O2. The number of aryl methyl sites for hydroxylation is 1. The first kappa shape index (κ1) is 17.3. The fourth-order valence-electron chi connectivity index (χ4n) is 3.58. The fourth-order valence-corrected chi connectivity index (χ4v) is 3.98. The van der Waals surface area contributed by atoms with Gasteiger partial charge in [-0.2, -0.15) is 0 Å². The second-order valence-electron chi connectivity index (χ2n) is 6.53. The van der Waals surface area contributed by atoms with E-state index in [1.165, 1.54) is 0 Å². The van der Waals surface area contributed by atoms with Crippen LogP contribution in [0, 0.1) is 6.92 Å². The van der Waals surface area contributed by atoms with Crippen LogP contribution in [-0.2, 0) is 17.8 Å². The maximum absolute atomic E-state index is 12.0. The van der Waals surface area contributed by atoms with Crippen molar-refractivity contribution in [3.05, 3.63) is 51.4 Å². The number of nitrogens with zero attached hydrogens (tertiary/aromatic N) is 2. The normalized spacial score (nSPS) is 13.9. The zero-order valence-corrected chi connectivity index (χ0v) is 15.7. The summed E-state index contributed by atoms with van der Waals surface area (Å²) in [5, 5.41) is 11.1. The third kappa shape index (κ3) is 2.76. The zero-order chi connectivity index (χ0) is 18.4. The summed E-state index contributed by atoms with van der Waals surface area (Å²) in [6.45, 7) is 2.49. The summed E-state index contributed by atoms with van der Waals surface area (Å²) in [5.41, 5.74) is 5.76. The van der Waals surface area contributed by atoms with E-state index in [0.29, 0.717) is 29.6 Å². The number of rotatable bonds is 2. The minimum atomic E-state index is -0.487. The number of H-pyrrole nitrogens is 1. The van der Waals surface area contributed by atoms with Crippen molar-refractivity contribution in [1.82, 2.24) is 14.9 Å². The average Bonchev–Trinajstić information content (AvgIpc) is 3.03. The molecule has 1 aliphatic rings. The van der Waals surface area contributed by atoms with Crippen LogP contribution in [0.25, 0.3) is 22.0 Å². The van der Waals surface area contributed by atoms with Crippen molar-refractivity contribution in [1.29, 1.82) is 0 Å². The minimum Gasteiger partial charge on any atom is -0.387 e. The molecule has 3 aromatic rings. The number of halogens is 2. The van der Waals surface area contributed by atoms with E-state index in [0.717, 1.165) is 38.9 Å². The van der Waals surface area contributed by atoms with Crippen LogP contribution in [-0.4, -0.2) is 39.0 Å². The van der Waals surface area contributed by atoms with Crippen molar-refractivity contribution in [2.45, 2.75) is 19.9 Å². The first-order valence-corrected chi connectivity index (χ1v) is 9.07. The van der Waals surface area contributed by atoms with Gasteiger partial charge in [0.1, 0.15) is 6.61 Å². The van der Waals surface area contributed by atoms with Gasteiger partial charge in [0.15, 0.2) is 0 Å². The first-order chi connectivity index (χ1) is 12.5. The van der Waals surface area contributed by atoms with Gasteiger partial charge in [0.25, 0.3) is 0 Å².